The van der Waals surface area contributed by atoms with Gasteiger partial charge in [0.25, 0.3) is 11.8 Å². The first-order chi connectivity index (χ1) is 28.9. The average molecular weight is 852 g/mol. The summed E-state index contributed by atoms with van der Waals surface area (Å²) in [4.78, 5) is 64.4. The second-order valence-corrected chi connectivity index (χ2v) is 16.7. The first-order valence-corrected chi connectivity index (χ1v) is 20.7. The van der Waals surface area contributed by atoms with Crippen molar-refractivity contribution in [2.75, 3.05) is 37.1 Å². The number of unbranched alkanes of at least 4 members (excludes halogenated alkanes) is 2. The highest BCUT2D eigenvalue weighted by atomic mass is 35.5. The number of methoxy groups -OCH3 is 2. The number of hydrogen-bond acceptors (Lipinski definition) is 12. The van der Waals surface area contributed by atoms with Gasteiger partial charge in [0, 0.05) is 70.3 Å². The lowest BCUT2D eigenvalue weighted by Crippen LogP contribution is -2.73. The molecule has 7 aliphatic heterocycles. The predicted octanol–water partition coefficient (Wildman–Crippen LogP) is 5.92. The molecule has 1 fully saturated rings. The quantitative estimate of drug-likeness (QED) is 0.288. The van der Waals surface area contributed by atoms with Crippen molar-refractivity contribution in [3.8, 4) is 12.1 Å². The Balaban J connectivity index is 1.25. The molecule has 7 heterocycles. The Morgan fingerprint density at radius 3 is 1.85 bits per heavy atom. The van der Waals surface area contributed by atoms with Gasteiger partial charge in [-0.2, -0.15) is 10.5 Å². The van der Waals surface area contributed by atoms with Gasteiger partial charge in [0.1, 0.15) is 17.9 Å². The molecule has 1 saturated heterocycles. The highest BCUT2D eigenvalue weighted by molar-refractivity contribution is 6.31. The van der Waals surface area contributed by atoms with Gasteiger partial charge in [-0.3, -0.25) is 9.59 Å². The summed E-state index contributed by atoms with van der Waals surface area (Å²) in [7, 11) is 2.43. The van der Waals surface area contributed by atoms with Gasteiger partial charge in [-0.15, -0.1) is 0 Å². The summed E-state index contributed by atoms with van der Waals surface area (Å²) in [6.45, 7) is 4.66. The third kappa shape index (κ3) is 5.05. The van der Waals surface area contributed by atoms with Crippen molar-refractivity contribution in [3.05, 3.63) is 105 Å². The fourth-order valence-corrected chi connectivity index (χ4v) is 10.7. The van der Waals surface area contributed by atoms with Gasteiger partial charge in [0.2, 0.25) is 11.2 Å². The third-order valence-electron chi connectivity index (χ3n) is 13.0. The summed E-state index contributed by atoms with van der Waals surface area (Å²) in [6.07, 6.45) is 8.56. The highest BCUT2D eigenvalue weighted by Crippen LogP contribution is 2.64. The van der Waals surface area contributed by atoms with E-state index in [1.54, 1.807) is 74.3 Å². The maximum Gasteiger partial charge on any atom is 0.339 e. The number of nitrogens with zero attached hydrogens (tertiary/aromatic N) is 6. The number of piperidine rings is 1. The first kappa shape index (κ1) is 39.8. The molecule has 0 aromatic heterocycles. The third-order valence-corrected chi connectivity index (χ3v) is 13.5. The lowest BCUT2D eigenvalue weighted by atomic mass is 9.54. The van der Waals surface area contributed by atoms with E-state index in [9.17, 15) is 20.1 Å². The summed E-state index contributed by atoms with van der Waals surface area (Å²) in [5.74, 6) is -4.68. The van der Waals surface area contributed by atoms with Gasteiger partial charge in [0.05, 0.1) is 54.9 Å². The number of hydrogen-bond donors (Lipinski definition) is 0. The van der Waals surface area contributed by atoms with Gasteiger partial charge in [-0.05, 0) is 61.4 Å². The molecule has 8 unspecified atom stereocenters. The molecule has 2 bridgehead atoms. The standard InChI is InChI=1S/C44H40Cl2N6O8/c1-5-7-14-50-31-11-9-25(45)18-27(31)43(40(50)55)29(38(53)57-3)21-49-16-13-42(23-48)33-17-24(20-47)34(35(42)37(49)60-43)36-52(33)22-30(39(54)58-4)44(59-36)28-19-26(46)10-12-32(28)51(41(44)56)15-8-6-2/h9-13,16-19,21-22,33-37H,5-8,14-15H2,1-4H3. The van der Waals surface area contributed by atoms with Crippen molar-refractivity contribution >= 4 is 58.3 Å². The zero-order chi connectivity index (χ0) is 42.5. The van der Waals surface area contributed by atoms with E-state index in [0.717, 1.165) is 12.8 Å². The zero-order valence-corrected chi connectivity index (χ0v) is 34.7. The molecule has 0 radical (unpaired) electrons. The van der Waals surface area contributed by atoms with Crippen molar-refractivity contribution in [2.24, 2.45) is 17.3 Å². The van der Waals surface area contributed by atoms with Crippen molar-refractivity contribution in [2.45, 2.75) is 69.2 Å². The van der Waals surface area contributed by atoms with Crippen LogP contribution in [0.25, 0.3) is 0 Å². The van der Waals surface area contributed by atoms with E-state index in [1.165, 1.54) is 26.6 Å². The van der Waals surface area contributed by atoms with E-state index in [4.69, 9.17) is 42.1 Å². The number of carbonyl (C=O) groups excluding carboxylic acids is 4. The second kappa shape index (κ2) is 14.2. The van der Waals surface area contributed by atoms with E-state index < -0.39 is 70.7 Å². The number of benzene rings is 2. The van der Waals surface area contributed by atoms with Crippen LogP contribution in [0.4, 0.5) is 11.4 Å². The van der Waals surface area contributed by atoms with Crippen LogP contribution >= 0.6 is 23.2 Å². The van der Waals surface area contributed by atoms with Gasteiger partial charge in [0.15, 0.2) is 0 Å². The fraction of sp³-hybridized carbons (Fsp3) is 0.409. The smallest absolute Gasteiger partial charge is 0.339 e. The van der Waals surface area contributed by atoms with Crippen LogP contribution in [-0.4, -0.2) is 79.4 Å². The Kier molecular flexibility index (Phi) is 9.45. The number of halogens is 2. The van der Waals surface area contributed by atoms with Crippen LogP contribution in [0.2, 0.25) is 10.0 Å². The Morgan fingerprint density at radius 1 is 0.817 bits per heavy atom. The minimum absolute atomic E-state index is 0.0998. The molecule has 2 aromatic rings. The van der Waals surface area contributed by atoms with Gasteiger partial charge in [-0.25, -0.2) is 9.59 Å². The summed E-state index contributed by atoms with van der Waals surface area (Å²) < 4.78 is 24.9. The molecule has 308 valence electrons. The summed E-state index contributed by atoms with van der Waals surface area (Å²) in [5.41, 5.74) is -3.86. The van der Waals surface area contributed by atoms with Gasteiger partial charge < -0.3 is 38.5 Å². The number of ether oxygens (including phenoxy) is 4. The number of esters is 2. The normalized spacial score (nSPS) is 31.4. The Hall–Kier alpha value is -5.64. The van der Waals surface area contributed by atoms with Crippen molar-refractivity contribution < 1.29 is 38.1 Å². The number of rotatable bonds is 8. The van der Waals surface area contributed by atoms with E-state index in [1.807, 2.05) is 13.8 Å². The Bertz CT molecular complexity index is 2490. The molecule has 2 aromatic carbocycles. The molecule has 14 nitrogen and oxygen atoms in total. The molecule has 0 saturated carbocycles. The van der Waals surface area contributed by atoms with Crippen LogP contribution in [0.1, 0.15) is 50.7 Å². The number of carbonyl (C=O) groups is 4. The molecule has 2 amide bonds. The maximum atomic E-state index is 15.1. The van der Waals surface area contributed by atoms with Crippen molar-refractivity contribution in [3.63, 3.8) is 0 Å². The molecular weight excluding hydrogens is 811 g/mol. The minimum atomic E-state index is -2.06. The Labute approximate surface area is 356 Å². The lowest BCUT2D eigenvalue weighted by molar-refractivity contribution is -0.252. The average Bonchev–Trinajstić information content (AvgIpc) is 3.62. The van der Waals surface area contributed by atoms with Crippen LogP contribution in [0.15, 0.2) is 83.9 Å². The first-order valence-electron chi connectivity index (χ1n) is 19.9. The second-order valence-electron chi connectivity index (χ2n) is 15.9. The maximum absolute atomic E-state index is 15.1. The van der Waals surface area contributed by atoms with Crippen LogP contribution in [0, 0.1) is 39.9 Å². The van der Waals surface area contributed by atoms with Crippen LogP contribution in [0.5, 0.6) is 0 Å². The van der Waals surface area contributed by atoms with Crippen LogP contribution in [0.3, 0.4) is 0 Å². The fourth-order valence-electron chi connectivity index (χ4n) is 10.3. The van der Waals surface area contributed by atoms with E-state index >= 15 is 9.59 Å². The molecule has 60 heavy (non-hydrogen) atoms. The lowest BCUT2D eigenvalue weighted by Gasteiger charge is -2.64. The molecule has 1 aliphatic carbocycles. The summed E-state index contributed by atoms with van der Waals surface area (Å²) in [5, 5.41) is 22.8. The van der Waals surface area contributed by atoms with Gasteiger partial charge >= 0.3 is 11.9 Å². The zero-order valence-electron chi connectivity index (χ0n) is 33.2. The van der Waals surface area contributed by atoms with Crippen LogP contribution in [-0.2, 0) is 49.3 Å². The summed E-state index contributed by atoms with van der Waals surface area (Å²) in [6, 6.07) is 13.9. The van der Waals surface area contributed by atoms with Crippen molar-refractivity contribution in [1.29, 1.82) is 10.5 Å². The topological polar surface area (TPSA) is 166 Å². The van der Waals surface area contributed by atoms with E-state index in [-0.39, 0.29) is 16.7 Å². The molecule has 16 heteroatoms. The minimum Gasteiger partial charge on any atom is -0.466 e. The number of nitriles is 2. The number of amides is 2. The molecule has 8 aliphatic rings. The largest absolute Gasteiger partial charge is 0.466 e. The molecule has 8 atom stereocenters. The predicted molar refractivity (Wildman–Crippen MR) is 216 cm³/mol. The highest BCUT2D eigenvalue weighted by Gasteiger charge is 2.72. The van der Waals surface area contributed by atoms with Crippen molar-refractivity contribution in [1.82, 2.24) is 9.80 Å². The van der Waals surface area contributed by atoms with Gasteiger partial charge in [-0.1, -0.05) is 49.9 Å². The number of fused-ring (bicyclic) bond motifs is 5. The molecule has 0 N–H and O–H groups in total. The molecule has 2 spiro atoms. The summed E-state index contributed by atoms with van der Waals surface area (Å²) >= 11 is 13.2. The van der Waals surface area contributed by atoms with E-state index in [0.29, 0.717) is 58.5 Å². The number of anilines is 2. The molecular formula is C44H40Cl2N6O8. The molecule has 10 rings (SSSR count). The SMILES string of the molecule is CCCCN1C(=O)C2(OC3C4C5C(C#N)=CC(N6C=C(C(=O)OC)C7(OC56)C(=O)N(CCCC)c5ccc(Cl)cc57)C4(C#N)C=CN3C=C2C(=O)OC)c2cc(Cl)ccc21. The Morgan fingerprint density at radius 2 is 1.35 bits per heavy atom. The monoisotopic (exact) mass is 850 g/mol. The van der Waals surface area contributed by atoms with Crippen LogP contribution < -0.4 is 9.80 Å². The van der Waals surface area contributed by atoms with E-state index in [2.05, 4.69) is 12.1 Å².